The highest BCUT2D eigenvalue weighted by Gasteiger charge is 2.28. The van der Waals surface area contributed by atoms with E-state index in [2.05, 4.69) is 15.9 Å². The molecule has 2 nitrogen and oxygen atoms in total. The van der Waals surface area contributed by atoms with Crippen molar-refractivity contribution < 1.29 is 17.9 Å². The van der Waals surface area contributed by atoms with Crippen molar-refractivity contribution in [3.63, 3.8) is 0 Å². The van der Waals surface area contributed by atoms with E-state index in [9.17, 15) is 13.2 Å². The van der Waals surface area contributed by atoms with Gasteiger partial charge in [0.2, 0.25) is 0 Å². The van der Waals surface area contributed by atoms with Gasteiger partial charge in [-0.2, -0.15) is 13.2 Å². The molecule has 6 heteroatoms. The fourth-order valence-electron chi connectivity index (χ4n) is 1.64. The van der Waals surface area contributed by atoms with E-state index in [0.29, 0.717) is 18.7 Å². The van der Waals surface area contributed by atoms with Gasteiger partial charge >= 0.3 is 6.18 Å². The maximum absolute atomic E-state index is 12.2. The molecule has 0 bridgehead atoms. The number of rotatable bonds is 5. The molecule has 0 heterocycles. The molecule has 18 heavy (non-hydrogen) atoms. The van der Waals surface area contributed by atoms with Gasteiger partial charge in [-0.25, -0.2) is 0 Å². The van der Waals surface area contributed by atoms with Crippen LogP contribution in [0.2, 0.25) is 0 Å². The Bertz CT molecular complexity index is 395. The number of hydrogen-bond donors (Lipinski definition) is 0. The predicted molar refractivity (Wildman–Crippen MR) is 68.0 cm³/mol. The molecular weight excluding hydrogens is 311 g/mol. The van der Waals surface area contributed by atoms with Crippen LogP contribution in [-0.2, 0) is 6.42 Å². The van der Waals surface area contributed by atoms with Gasteiger partial charge in [-0.15, -0.1) is 0 Å². The normalized spacial score (nSPS) is 11.9. The van der Waals surface area contributed by atoms with E-state index < -0.39 is 12.7 Å². The Balaban J connectivity index is 2.60. The van der Waals surface area contributed by atoms with Gasteiger partial charge in [0.1, 0.15) is 5.75 Å². The highest BCUT2D eigenvalue weighted by Crippen LogP contribution is 2.24. The second-order valence-electron chi connectivity index (χ2n) is 4.06. The zero-order chi connectivity index (χ0) is 13.8. The molecule has 0 aliphatic rings. The molecule has 0 radical (unpaired) electrons. The van der Waals surface area contributed by atoms with Gasteiger partial charge in [0.25, 0.3) is 0 Å². The summed E-state index contributed by atoms with van der Waals surface area (Å²) >= 11 is 3.33. The largest absolute Gasteiger partial charge is 0.496 e. The van der Waals surface area contributed by atoms with Gasteiger partial charge in [0, 0.05) is 11.0 Å². The Kier molecular flexibility index (Phi) is 5.47. The van der Waals surface area contributed by atoms with Crippen molar-refractivity contribution in [1.82, 2.24) is 4.90 Å². The molecule has 0 spiro atoms. The van der Waals surface area contributed by atoms with E-state index >= 15 is 0 Å². The summed E-state index contributed by atoms with van der Waals surface area (Å²) in [6.07, 6.45) is -3.65. The summed E-state index contributed by atoms with van der Waals surface area (Å²) in [6, 6.07) is 5.49. The molecule has 0 aliphatic carbocycles. The highest BCUT2D eigenvalue weighted by molar-refractivity contribution is 9.10. The van der Waals surface area contributed by atoms with Gasteiger partial charge in [0.05, 0.1) is 13.7 Å². The standard InChI is InChI=1S/C12H15BrF3NO/c1-17(8-12(14,15)16)6-5-9-7-10(13)3-4-11(9)18-2/h3-4,7H,5-6,8H2,1-2H3. The molecule has 0 fully saturated rings. The van der Waals surface area contributed by atoms with Crippen LogP contribution in [0.1, 0.15) is 5.56 Å². The third kappa shape index (κ3) is 5.27. The number of halogens is 4. The lowest BCUT2D eigenvalue weighted by atomic mass is 10.1. The van der Waals surface area contributed by atoms with Crippen molar-refractivity contribution in [1.29, 1.82) is 0 Å². The predicted octanol–water partition coefficient (Wildman–Crippen LogP) is 3.49. The lowest BCUT2D eigenvalue weighted by molar-refractivity contribution is -0.142. The molecule has 0 atom stereocenters. The van der Waals surface area contributed by atoms with E-state index in [1.165, 1.54) is 11.9 Å². The summed E-state index contributed by atoms with van der Waals surface area (Å²) in [4.78, 5) is 1.25. The Morgan fingerprint density at radius 3 is 2.56 bits per heavy atom. The first kappa shape index (κ1) is 15.3. The van der Waals surface area contributed by atoms with E-state index in [1.54, 1.807) is 13.2 Å². The lowest BCUT2D eigenvalue weighted by Crippen LogP contribution is -2.32. The minimum absolute atomic E-state index is 0.326. The van der Waals surface area contributed by atoms with Crippen molar-refractivity contribution in [3.8, 4) is 5.75 Å². The lowest BCUT2D eigenvalue weighted by Gasteiger charge is -2.19. The average Bonchev–Trinajstić information content (AvgIpc) is 2.24. The molecule has 0 aromatic heterocycles. The van der Waals surface area contributed by atoms with Gasteiger partial charge in [-0.1, -0.05) is 15.9 Å². The van der Waals surface area contributed by atoms with Crippen molar-refractivity contribution in [2.75, 3.05) is 27.2 Å². The second-order valence-corrected chi connectivity index (χ2v) is 4.97. The molecule has 1 rings (SSSR count). The summed E-state index contributed by atoms with van der Waals surface area (Å²) in [7, 11) is 3.00. The Morgan fingerprint density at radius 2 is 2.00 bits per heavy atom. The Morgan fingerprint density at radius 1 is 1.33 bits per heavy atom. The van der Waals surface area contributed by atoms with Crippen LogP contribution < -0.4 is 4.74 Å². The third-order valence-corrected chi connectivity index (χ3v) is 2.95. The van der Waals surface area contributed by atoms with Crippen molar-refractivity contribution in [3.05, 3.63) is 28.2 Å². The van der Waals surface area contributed by atoms with Crippen LogP contribution in [0.4, 0.5) is 13.2 Å². The number of methoxy groups -OCH3 is 1. The van der Waals surface area contributed by atoms with E-state index in [0.717, 1.165) is 10.0 Å². The quantitative estimate of drug-likeness (QED) is 0.821. The van der Waals surface area contributed by atoms with Crippen LogP contribution in [0.3, 0.4) is 0 Å². The van der Waals surface area contributed by atoms with Crippen LogP contribution >= 0.6 is 15.9 Å². The minimum atomic E-state index is -4.16. The van der Waals surface area contributed by atoms with Crippen molar-refractivity contribution in [2.45, 2.75) is 12.6 Å². The summed E-state index contributed by atoms with van der Waals surface area (Å²) in [5.74, 6) is 0.693. The molecule has 0 N–H and O–H groups in total. The van der Waals surface area contributed by atoms with Crippen LogP contribution in [0.15, 0.2) is 22.7 Å². The van der Waals surface area contributed by atoms with Crippen LogP contribution in [-0.4, -0.2) is 38.3 Å². The number of hydrogen-bond acceptors (Lipinski definition) is 2. The summed E-state index contributed by atoms with van der Waals surface area (Å²) in [5, 5.41) is 0. The molecule has 0 unspecified atom stereocenters. The van der Waals surface area contributed by atoms with E-state index in [-0.39, 0.29) is 0 Å². The van der Waals surface area contributed by atoms with Gasteiger partial charge < -0.3 is 4.74 Å². The highest BCUT2D eigenvalue weighted by atomic mass is 79.9. The first-order valence-electron chi connectivity index (χ1n) is 5.39. The molecule has 0 saturated heterocycles. The summed E-state index contributed by atoms with van der Waals surface area (Å²) in [6.45, 7) is -0.574. The zero-order valence-electron chi connectivity index (χ0n) is 10.2. The molecule has 0 saturated carbocycles. The Hall–Kier alpha value is -0.750. The number of alkyl halides is 3. The number of nitrogens with zero attached hydrogens (tertiary/aromatic N) is 1. The SMILES string of the molecule is COc1ccc(Br)cc1CCN(C)CC(F)(F)F. The monoisotopic (exact) mass is 325 g/mol. The average molecular weight is 326 g/mol. The molecule has 1 aromatic carbocycles. The van der Waals surface area contributed by atoms with Gasteiger partial charge in [0.15, 0.2) is 0 Å². The fraction of sp³-hybridized carbons (Fsp3) is 0.500. The van der Waals surface area contributed by atoms with Gasteiger partial charge in [-0.05, 0) is 37.2 Å². The Labute approximate surface area is 113 Å². The third-order valence-electron chi connectivity index (χ3n) is 2.45. The van der Waals surface area contributed by atoms with Crippen LogP contribution in [0.5, 0.6) is 5.75 Å². The van der Waals surface area contributed by atoms with Crippen LogP contribution in [0.25, 0.3) is 0 Å². The smallest absolute Gasteiger partial charge is 0.401 e. The van der Waals surface area contributed by atoms with Crippen molar-refractivity contribution >= 4 is 15.9 Å². The molecule has 1 aromatic rings. The minimum Gasteiger partial charge on any atom is -0.496 e. The number of ether oxygens (including phenoxy) is 1. The molecule has 0 aliphatic heterocycles. The maximum Gasteiger partial charge on any atom is 0.401 e. The number of likely N-dealkylation sites (N-methyl/N-ethyl adjacent to an activating group) is 1. The molecule has 102 valence electrons. The van der Waals surface area contributed by atoms with Crippen molar-refractivity contribution in [2.24, 2.45) is 0 Å². The maximum atomic E-state index is 12.2. The summed E-state index contributed by atoms with van der Waals surface area (Å²) < 4.78 is 42.6. The van der Waals surface area contributed by atoms with E-state index in [4.69, 9.17) is 4.74 Å². The second kappa shape index (κ2) is 6.43. The van der Waals surface area contributed by atoms with Gasteiger partial charge in [-0.3, -0.25) is 4.90 Å². The molecular formula is C12H15BrF3NO. The fourth-order valence-corrected chi connectivity index (χ4v) is 2.05. The van der Waals surface area contributed by atoms with E-state index in [1.807, 2.05) is 12.1 Å². The number of benzene rings is 1. The molecule has 0 amide bonds. The zero-order valence-corrected chi connectivity index (χ0v) is 11.8. The first-order valence-corrected chi connectivity index (χ1v) is 6.19. The summed E-state index contributed by atoms with van der Waals surface area (Å²) in [5.41, 5.74) is 0.890. The topological polar surface area (TPSA) is 12.5 Å². The first-order chi connectivity index (χ1) is 8.31. The van der Waals surface area contributed by atoms with Crippen LogP contribution in [0, 0.1) is 0 Å².